The molecular weight excluding hydrogens is 256 g/mol. The molecule has 0 aliphatic rings. The molecule has 3 N–H and O–H groups in total. The fraction of sp³-hybridized carbons (Fsp3) is 0.267. The molecule has 0 saturated heterocycles. The summed E-state index contributed by atoms with van der Waals surface area (Å²) in [6.07, 6.45) is 0.843. The number of hydrogen-bond acceptors (Lipinski definition) is 3. The average molecular weight is 274 g/mol. The second-order valence-electron chi connectivity index (χ2n) is 4.56. The Kier molecular flexibility index (Phi) is 4.71. The summed E-state index contributed by atoms with van der Waals surface area (Å²) in [5, 5.41) is 7.00. The Hall–Kier alpha value is -1.65. The van der Waals surface area contributed by atoms with Crippen molar-refractivity contribution in [1.82, 2.24) is 5.32 Å². The molecule has 4 heteroatoms. The van der Waals surface area contributed by atoms with Gasteiger partial charge in [-0.15, -0.1) is 0 Å². The Morgan fingerprint density at radius 2 is 2.05 bits per heavy atom. The minimum absolute atomic E-state index is 0.126. The molecule has 1 heterocycles. The summed E-state index contributed by atoms with van der Waals surface area (Å²) in [7, 11) is 0. The number of hydrogen-bond donors (Lipinski definition) is 2. The molecule has 100 valence electrons. The number of amides is 1. The highest BCUT2D eigenvalue weighted by Crippen LogP contribution is 2.11. The lowest BCUT2D eigenvalue weighted by Gasteiger charge is -2.12. The van der Waals surface area contributed by atoms with Gasteiger partial charge in [0.05, 0.1) is 0 Å². The third-order valence-corrected chi connectivity index (χ3v) is 3.74. The zero-order chi connectivity index (χ0) is 13.7. The number of carbonyl (C=O) groups excluding carboxylic acids is 1. The van der Waals surface area contributed by atoms with Crippen LogP contribution in [0.3, 0.4) is 0 Å². The third-order valence-electron chi connectivity index (χ3n) is 3.01. The van der Waals surface area contributed by atoms with Crippen LogP contribution >= 0.6 is 11.3 Å². The topological polar surface area (TPSA) is 55.1 Å². The Bertz CT molecular complexity index is 520. The van der Waals surface area contributed by atoms with Crippen molar-refractivity contribution in [3.8, 4) is 0 Å². The van der Waals surface area contributed by atoms with Gasteiger partial charge in [-0.2, -0.15) is 11.3 Å². The van der Waals surface area contributed by atoms with E-state index in [2.05, 4.69) is 16.8 Å². The molecule has 0 spiro atoms. The second-order valence-corrected chi connectivity index (χ2v) is 5.34. The number of aryl methyl sites for hydroxylation is 1. The molecule has 1 unspecified atom stereocenters. The lowest BCUT2D eigenvalue weighted by molar-refractivity contribution is -0.122. The van der Waals surface area contributed by atoms with Crippen LogP contribution in [0.15, 0.2) is 41.1 Å². The number of benzene rings is 1. The lowest BCUT2D eigenvalue weighted by Crippen LogP contribution is -2.35. The number of nitrogens with two attached hydrogens (primary N) is 1. The van der Waals surface area contributed by atoms with Gasteiger partial charge in [0.15, 0.2) is 0 Å². The smallest absolute Gasteiger partial charge is 0.241 e. The maximum atomic E-state index is 11.9. The Balaban J connectivity index is 1.83. The van der Waals surface area contributed by atoms with Crippen molar-refractivity contribution in [3.63, 3.8) is 0 Å². The van der Waals surface area contributed by atoms with Crippen LogP contribution in [0.25, 0.3) is 0 Å². The first-order chi connectivity index (χ1) is 9.16. The van der Waals surface area contributed by atoms with E-state index in [-0.39, 0.29) is 5.91 Å². The summed E-state index contributed by atoms with van der Waals surface area (Å²) < 4.78 is 0. The quantitative estimate of drug-likeness (QED) is 0.879. The second kappa shape index (κ2) is 6.50. The van der Waals surface area contributed by atoms with Crippen LogP contribution in [0, 0.1) is 6.92 Å². The highest BCUT2D eigenvalue weighted by atomic mass is 32.1. The molecule has 2 aromatic rings. The highest BCUT2D eigenvalue weighted by Gasteiger charge is 2.14. The summed E-state index contributed by atoms with van der Waals surface area (Å²) >= 11 is 1.67. The average Bonchev–Trinajstić information content (AvgIpc) is 2.92. The molecule has 0 bridgehead atoms. The minimum Gasteiger partial charge on any atom is -0.354 e. The molecule has 0 fully saturated rings. The van der Waals surface area contributed by atoms with Crippen LogP contribution in [0.4, 0.5) is 0 Å². The number of rotatable bonds is 5. The monoisotopic (exact) mass is 274 g/mol. The Morgan fingerprint density at radius 1 is 1.32 bits per heavy atom. The fourth-order valence-electron chi connectivity index (χ4n) is 1.80. The van der Waals surface area contributed by atoms with Crippen molar-refractivity contribution in [1.29, 1.82) is 0 Å². The standard InChI is InChI=1S/C15H18N2OS/c1-11-2-4-13(5-3-11)14(16)15(18)17-8-6-12-7-9-19-10-12/h2-5,7,9-10,14H,6,8,16H2,1H3,(H,17,18). The van der Waals surface area contributed by atoms with E-state index in [1.165, 1.54) is 5.56 Å². The van der Waals surface area contributed by atoms with E-state index in [1.807, 2.05) is 36.6 Å². The van der Waals surface area contributed by atoms with Crippen LogP contribution in [0.5, 0.6) is 0 Å². The number of carbonyl (C=O) groups is 1. The molecule has 3 nitrogen and oxygen atoms in total. The van der Waals surface area contributed by atoms with Crippen molar-refractivity contribution in [2.45, 2.75) is 19.4 Å². The lowest BCUT2D eigenvalue weighted by atomic mass is 10.1. The van der Waals surface area contributed by atoms with Gasteiger partial charge >= 0.3 is 0 Å². The van der Waals surface area contributed by atoms with Crippen molar-refractivity contribution in [2.24, 2.45) is 5.73 Å². The van der Waals surface area contributed by atoms with Gasteiger partial charge in [0, 0.05) is 6.54 Å². The van der Waals surface area contributed by atoms with Crippen molar-refractivity contribution in [2.75, 3.05) is 6.54 Å². The predicted molar refractivity (Wildman–Crippen MR) is 79.1 cm³/mol. The van der Waals surface area contributed by atoms with Gasteiger partial charge in [-0.25, -0.2) is 0 Å². The SMILES string of the molecule is Cc1ccc(C(N)C(=O)NCCc2ccsc2)cc1. The summed E-state index contributed by atoms with van der Waals surface area (Å²) in [6.45, 7) is 2.63. The van der Waals surface area contributed by atoms with Gasteiger partial charge in [0.1, 0.15) is 6.04 Å². The highest BCUT2D eigenvalue weighted by molar-refractivity contribution is 7.07. The van der Waals surface area contributed by atoms with Crippen LogP contribution < -0.4 is 11.1 Å². The summed E-state index contributed by atoms with van der Waals surface area (Å²) in [5.41, 5.74) is 9.19. The minimum atomic E-state index is -0.594. The van der Waals surface area contributed by atoms with Crippen molar-refractivity contribution in [3.05, 3.63) is 57.8 Å². The molecule has 0 aliphatic heterocycles. The van der Waals surface area contributed by atoms with E-state index in [0.717, 1.165) is 17.5 Å². The van der Waals surface area contributed by atoms with Gasteiger partial charge in [0.2, 0.25) is 5.91 Å². The molecule has 1 amide bonds. The summed E-state index contributed by atoms with van der Waals surface area (Å²) in [4.78, 5) is 11.9. The maximum absolute atomic E-state index is 11.9. The maximum Gasteiger partial charge on any atom is 0.241 e. The molecule has 1 aromatic carbocycles. The molecule has 1 atom stereocenters. The molecule has 1 aromatic heterocycles. The van der Waals surface area contributed by atoms with Gasteiger partial charge in [-0.3, -0.25) is 4.79 Å². The first-order valence-corrected chi connectivity index (χ1v) is 7.22. The predicted octanol–water partition coefficient (Wildman–Crippen LogP) is 2.42. The van der Waals surface area contributed by atoms with Gasteiger partial charge < -0.3 is 11.1 Å². The van der Waals surface area contributed by atoms with Gasteiger partial charge in [-0.1, -0.05) is 29.8 Å². The van der Waals surface area contributed by atoms with Crippen molar-refractivity contribution >= 4 is 17.2 Å². The van der Waals surface area contributed by atoms with E-state index in [0.29, 0.717) is 6.54 Å². The van der Waals surface area contributed by atoms with Gasteiger partial charge in [-0.05, 0) is 41.3 Å². The van der Waals surface area contributed by atoms with Crippen LogP contribution in [0.2, 0.25) is 0 Å². The molecular formula is C15H18N2OS. The van der Waals surface area contributed by atoms with Crippen LogP contribution in [0.1, 0.15) is 22.7 Å². The van der Waals surface area contributed by atoms with Gasteiger partial charge in [0.25, 0.3) is 0 Å². The fourth-order valence-corrected chi connectivity index (χ4v) is 2.50. The molecule has 0 saturated carbocycles. The van der Waals surface area contributed by atoms with E-state index >= 15 is 0 Å². The van der Waals surface area contributed by atoms with Crippen molar-refractivity contribution < 1.29 is 4.79 Å². The van der Waals surface area contributed by atoms with Crippen LogP contribution in [-0.2, 0) is 11.2 Å². The zero-order valence-electron chi connectivity index (χ0n) is 10.9. The normalized spacial score (nSPS) is 12.1. The third kappa shape index (κ3) is 3.91. The summed E-state index contributed by atoms with van der Waals surface area (Å²) in [5.74, 6) is -0.126. The number of thiophene rings is 1. The Morgan fingerprint density at radius 3 is 2.68 bits per heavy atom. The van der Waals surface area contributed by atoms with Crippen LogP contribution in [-0.4, -0.2) is 12.5 Å². The molecule has 19 heavy (non-hydrogen) atoms. The zero-order valence-corrected chi connectivity index (χ0v) is 11.7. The Labute approximate surface area is 117 Å². The first-order valence-electron chi connectivity index (χ1n) is 6.28. The first kappa shape index (κ1) is 13.8. The molecule has 0 radical (unpaired) electrons. The largest absolute Gasteiger partial charge is 0.354 e. The van der Waals surface area contributed by atoms with E-state index in [9.17, 15) is 4.79 Å². The van der Waals surface area contributed by atoms with E-state index < -0.39 is 6.04 Å². The molecule has 2 rings (SSSR count). The van der Waals surface area contributed by atoms with E-state index in [4.69, 9.17) is 5.73 Å². The summed E-state index contributed by atoms with van der Waals surface area (Å²) in [6, 6.07) is 9.21. The molecule has 0 aliphatic carbocycles. The number of nitrogens with one attached hydrogen (secondary N) is 1. The van der Waals surface area contributed by atoms with E-state index in [1.54, 1.807) is 11.3 Å².